The standard InChI is InChI=1S/C20H37N5O7/c1-4-11(2)16(19(30)24-14(20(31)32)8-9-15(26)27)25-18(29)13(7-5-6-10-21)23-17(28)12(3)22/h11-14,16H,4-10,21-22H2,1-3H3,(H,23,28)(H,24,30)(H,25,29)(H,26,27)(H,31,32). The summed E-state index contributed by atoms with van der Waals surface area (Å²) < 4.78 is 0. The van der Waals surface area contributed by atoms with E-state index < -0.39 is 60.2 Å². The monoisotopic (exact) mass is 459 g/mol. The molecule has 5 atom stereocenters. The Kier molecular flexibility index (Phi) is 13.8. The molecular weight excluding hydrogens is 422 g/mol. The van der Waals surface area contributed by atoms with Gasteiger partial charge in [0.15, 0.2) is 0 Å². The molecule has 184 valence electrons. The number of carbonyl (C=O) groups is 5. The zero-order valence-corrected chi connectivity index (χ0v) is 18.9. The number of carbonyl (C=O) groups excluding carboxylic acids is 3. The van der Waals surface area contributed by atoms with E-state index in [1.54, 1.807) is 13.8 Å². The van der Waals surface area contributed by atoms with Gasteiger partial charge in [0.1, 0.15) is 18.1 Å². The summed E-state index contributed by atoms with van der Waals surface area (Å²) in [6.45, 7) is 5.40. The maximum absolute atomic E-state index is 12.9. The van der Waals surface area contributed by atoms with Crippen LogP contribution in [0.15, 0.2) is 0 Å². The molecule has 0 aromatic carbocycles. The van der Waals surface area contributed by atoms with Gasteiger partial charge in [0.25, 0.3) is 0 Å². The molecule has 9 N–H and O–H groups in total. The Morgan fingerprint density at radius 1 is 0.844 bits per heavy atom. The molecule has 0 bridgehead atoms. The molecule has 0 fully saturated rings. The number of nitrogens with two attached hydrogens (primary N) is 2. The summed E-state index contributed by atoms with van der Waals surface area (Å²) in [6, 6.07) is -4.27. The van der Waals surface area contributed by atoms with Gasteiger partial charge in [-0.05, 0) is 45.1 Å². The fraction of sp³-hybridized carbons (Fsp3) is 0.750. The number of carboxylic acids is 2. The zero-order chi connectivity index (χ0) is 24.8. The number of aliphatic carboxylic acids is 2. The Balaban J connectivity index is 5.46. The van der Waals surface area contributed by atoms with Crippen molar-refractivity contribution in [3.8, 4) is 0 Å². The fourth-order valence-corrected chi connectivity index (χ4v) is 2.81. The second-order valence-electron chi connectivity index (χ2n) is 7.84. The lowest BCUT2D eigenvalue weighted by atomic mass is 9.96. The average molecular weight is 460 g/mol. The largest absolute Gasteiger partial charge is 0.481 e. The van der Waals surface area contributed by atoms with Crippen LogP contribution in [0.3, 0.4) is 0 Å². The smallest absolute Gasteiger partial charge is 0.326 e. The molecule has 0 radical (unpaired) electrons. The van der Waals surface area contributed by atoms with Crippen molar-refractivity contribution in [1.82, 2.24) is 16.0 Å². The van der Waals surface area contributed by atoms with Gasteiger partial charge in [-0.3, -0.25) is 19.2 Å². The van der Waals surface area contributed by atoms with E-state index in [0.717, 1.165) is 0 Å². The van der Waals surface area contributed by atoms with Crippen LogP contribution in [0, 0.1) is 5.92 Å². The molecule has 0 heterocycles. The Morgan fingerprint density at radius 2 is 1.44 bits per heavy atom. The van der Waals surface area contributed by atoms with Crippen LogP contribution in [0.25, 0.3) is 0 Å². The molecule has 5 unspecified atom stereocenters. The van der Waals surface area contributed by atoms with Crippen molar-refractivity contribution >= 4 is 29.7 Å². The first-order valence-electron chi connectivity index (χ1n) is 10.8. The third-order valence-corrected chi connectivity index (χ3v) is 5.05. The predicted octanol–water partition coefficient (Wildman–Crippen LogP) is -1.09. The molecule has 0 spiro atoms. The second kappa shape index (κ2) is 15.1. The first-order valence-corrected chi connectivity index (χ1v) is 10.8. The van der Waals surface area contributed by atoms with Crippen LogP contribution in [0.2, 0.25) is 0 Å². The molecule has 12 nitrogen and oxygen atoms in total. The molecule has 0 aromatic rings. The topological polar surface area (TPSA) is 214 Å². The number of unbranched alkanes of at least 4 members (excludes halogenated alkanes) is 1. The Hall–Kier alpha value is -2.73. The highest BCUT2D eigenvalue weighted by molar-refractivity contribution is 5.94. The number of carboxylic acid groups (broad SMARTS) is 2. The van der Waals surface area contributed by atoms with Gasteiger partial charge in [0.2, 0.25) is 17.7 Å². The van der Waals surface area contributed by atoms with Crippen molar-refractivity contribution < 1.29 is 34.2 Å². The summed E-state index contributed by atoms with van der Waals surface area (Å²) >= 11 is 0. The summed E-state index contributed by atoms with van der Waals surface area (Å²) in [7, 11) is 0. The van der Waals surface area contributed by atoms with Gasteiger partial charge in [-0.15, -0.1) is 0 Å². The molecule has 0 aliphatic carbocycles. The molecule has 0 saturated carbocycles. The fourth-order valence-electron chi connectivity index (χ4n) is 2.81. The lowest BCUT2D eigenvalue weighted by molar-refractivity contribution is -0.143. The van der Waals surface area contributed by atoms with Crippen LogP contribution in [-0.4, -0.2) is 70.6 Å². The third-order valence-electron chi connectivity index (χ3n) is 5.05. The third kappa shape index (κ3) is 11.0. The van der Waals surface area contributed by atoms with Crippen molar-refractivity contribution in [3.05, 3.63) is 0 Å². The highest BCUT2D eigenvalue weighted by Gasteiger charge is 2.32. The highest BCUT2D eigenvalue weighted by atomic mass is 16.4. The maximum atomic E-state index is 12.9. The summed E-state index contributed by atoms with van der Waals surface area (Å²) in [5, 5.41) is 25.5. The number of hydrogen-bond donors (Lipinski definition) is 7. The van der Waals surface area contributed by atoms with E-state index in [0.29, 0.717) is 25.8 Å². The maximum Gasteiger partial charge on any atom is 0.326 e. The van der Waals surface area contributed by atoms with Crippen molar-refractivity contribution in [2.45, 2.75) is 83.5 Å². The highest BCUT2D eigenvalue weighted by Crippen LogP contribution is 2.11. The second-order valence-corrected chi connectivity index (χ2v) is 7.84. The van der Waals surface area contributed by atoms with Crippen molar-refractivity contribution in [2.24, 2.45) is 17.4 Å². The summed E-state index contributed by atoms with van der Waals surface area (Å²) in [4.78, 5) is 59.9. The molecule has 12 heteroatoms. The molecule has 3 amide bonds. The Labute approximate surface area is 187 Å². The van der Waals surface area contributed by atoms with E-state index in [1.807, 2.05) is 0 Å². The van der Waals surface area contributed by atoms with Gasteiger partial charge in [0.05, 0.1) is 6.04 Å². The minimum absolute atomic E-state index is 0.284. The summed E-state index contributed by atoms with van der Waals surface area (Å²) in [5.74, 6) is -4.80. The van der Waals surface area contributed by atoms with Gasteiger partial charge >= 0.3 is 11.9 Å². The SMILES string of the molecule is CCC(C)C(NC(=O)C(CCCCN)NC(=O)C(C)N)C(=O)NC(CCC(=O)O)C(=O)O. The first-order chi connectivity index (χ1) is 14.9. The van der Waals surface area contributed by atoms with E-state index in [2.05, 4.69) is 16.0 Å². The minimum atomic E-state index is -1.42. The summed E-state index contributed by atoms with van der Waals surface area (Å²) in [5.41, 5.74) is 11.1. The van der Waals surface area contributed by atoms with Crippen LogP contribution in [0.5, 0.6) is 0 Å². The van der Waals surface area contributed by atoms with Crippen LogP contribution in [0.4, 0.5) is 0 Å². The van der Waals surface area contributed by atoms with Crippen LogP contribution >= 0.6 is 0 Å². The van der Waals surface area contributed by atoms with Crippen LogP contribution in [0.1, 0.15) is 59.3 Å². The molecule has 0 aliphatic heterocycles. The van der Waals surface area contributed by atoms with Gasteiger partial charge < -0.3 is 37.6 Å². The average Bonchev–Trinajstić information content (AvgIpc) is 2.72. The zero-order valence-electron chi connectivity index (χ0n) is 18.9. The van der Waals surface area contributed by atoms with Crippen molar-refractivity contribution in [3.63, 3.8) is 0 Å². The van der Waals surface area contributed by atoms with E-state index in [9.17, 15) is 29.1 Å². The molecule has 0 rings (SSSR count). The minimum Gasteiger partial charge on any atom is -0.481 e. The molecular formula is C20H37N5O7. The van der Waals surface area contributed by atoms with E-state index >= 15 is 0 Å². The van der Waals surface area contributed by atoms with E-state index in [4.69, 9.17) is 16.6 Å². The van der Waals surface area contributed by atoms with Crippen molar-refractivity contribution in [1.29, 1.82) is 0 Å². The quantitative estimate of drug-likeness (QED) is 0.139. The van der Waals surface area contributed by atoms with E-state index in [-0.39, 0.29) is 18.8 Å². The summed E-state index contributed by atoms with van der Waals surface area (Å²) in [6.07, 6.45) is 1.23. The first kappa shape index (κ1) is 29.3. The van der Waals surface area contributed by atoms with Gasteiger partial charge in [-0.2, -0.15) is 0 Å². The normalized spacial score (nSPS) is 15.5. The van der Waals surface area contributed by atoms with E-state index in [1.165, 1.54) is 6.92 Å². The number of rotatable bonds is 16. The molecule has 0 aliphatic rings. The van der Waals surface area contributed by atoms with Gasteiger partial charge in [-0.1, -0.05) is 20.3 Å². The lowest BCUT2D eigenvalue weighted by Crippen LogP contribution is -2.58. The Bertz CT molecular complexity index is 656. The van der Waals surface area contributed by atoms with Crippen LogP contribution in [-0.2, 0) is 24.0 Å². The number of nitrogens with one attached hydrogen (secondary N) is 3. The number of amides is 3. The lowest BCUT2D eigenvalue weighted by Gasteiger charge is -2.28. The molecule has 0 aromatic heterocycles. The molecule has 0 saturated heterocycles. The van der Waals surface area contributed by atoms with Crippen molar-refractivity contribution in [2.75, 3.05) is 6.54 Å². The van der Waals surface area contributed by atoms with Gasteiger partial charge in [-0.25, -0.2) is 4.79 Å². The number of hydrogen-bond acceptors (Lipinski definition) is 7. The predicted molar refractivity (Wildman–Crippen MR) is 116 cm³/mol. The molecule has 32 heavy (non-hydrogen) atoms. The van der Waals surface area contributed by atoms with Gasteiger partial charge in [0, 0.05) is 6.42 Å². The van der Waals surface area contributed by atoms with Crippen LogP contribution < -0.4 is 27.4 Å². The Morgan fingerprint density at radius 3 is 1.91 bits per heavy atom.